The zero-order valence-corrected chi connectivity index (χ0v) is 12.5. The number of methoxy groups -OCH3 is 1. The number of esters is 1. The molecule has 1 heterocycles. The molecule has 5 nitrogen and oxygen atoms in total. The van der Waals surface area contributed by atoms with Gasteiger partial charge in [0, 0.05) is 6.42 Å². The van der Waals surface area contributed by atoms with Gasteiger partial charge in [0.05, 0.1) is 18.6 Å². The lowest BCUT2D eigenvalue weighted by atomic mass is 9.82. The van der Waals surface area contributed by atoms with Crippen molar-refractivity contribution in [1.82, 2.24) is 0 Å². The number of hydrogen-bond donors (Lipinski definition) is 1. The number of benzene rings is 1. The molecule has 1 atom stereocenters. The first-order chi connectivity index (χ1) is 10.9. The maximum absolute atomic E-state index is 13.6. The highest BCUT2D eigenvalue weighted by Gasteiger charge is 2.37. The first kappa shape index (κ1) is 16.5. The van der Waals surface area contributed by atoms with E-state index in [2.05, 4.69) is 0 Å². The van der Waals surface area contributed by atoms with Crippen LogP contribution in [0.3, 0.4) is 0 Å². The monoisotopic (exact) mass is 320 g/mol. The highest BCUT2D eigenvalue weighted by atomic mass is 19.2. The van der Waals surface area contributed by atoms with E-state index in [1.807, 2.05) is 6.07 Å². The lowest BCUT2D eigenvalue weighted by Crippen LogP contribution is -2.25. The number of rotatable bonds is 3. The first-order valence-electron chi connectivity index (χ1n) is 6.78. The number of allylic oxidation sites excluding steroid dienone is 2. The summed E-state index contributed by atoms with van der Waals surface area (Å²) >= 11 is 0. The molecule has 2 N–H and O–H groups in total. The summed E-state index contributed by atoms with van der Waals surface area (Å²) in [6.07, 6.45) is 0.310. The molecular formula is C16H14F2N2O3. The Morgan fingerprint density at radius 3 is 2.65 bits per heavy atom. The molecule has 0 aromatic heterocycles. The summed E-state index contributed by atoms with van der Waals surface area (Å²) in [7, 11) is 1.18. The third kappa shape index (κ3) is 2.88. The van der Waals surface area contributed by atoms with Gasteiger partial charge in [-0.1, -0.05) is 13.0 Å². The van der Waals surface area contributed by atoms with Crippen molar-refractivity contribution in [3.63, 3.8) is 0 Å². The van der Waals surface area contributed by atoms with Gasteiger partial charge in [0.2, 0.25) is 5.88 Å². The van der Waals surface area contributed by atoms with Crippen LogP contribution in [0.1, 0.15) is 24.8 Å². The number of nitriles is 1. The molecule has 0 fully saturated rings. The van der Waals surface area contributed by atoms with Crippen LogP contribution < -0.4 is 5.73 Å². The molecule has 0 saturated carbocycles. The Labute approximate surface area is 131 Å². The van der Waals surface area contributed by atoms with Crippen LogP contribution in [0, 0.1) is 23.0 Å². The Kier molecular flexibility index (Phi) is 4.65. The molecule has 0 spiro atoms. The van der Waals surface area contributed by atoms with Gasteiger partial charge in [0.25, 0.3) is 0 Å². The van der Waals surface area contributed by atoms with Crippen molar-refractivity contribution >= 4 is 5.97 Å². The maximum Gasteiger partial charge on any atom is 0.338 e. The van der Waals surface area contributed by atoms with Crippen LogP contribution in [-0.2, 0) is 14.3 Å². The fraction of sp³-hybridized carbons (Fsp3) is 0.250. The second kappa shape index (κ2) is 6.48. The Morgan fingerprint density at radius 2 is 2.13 bits per heavy atom. The lowest BCUT2D eigenvalue weighted by molar-refractivity contribution is -0.136. The topological polar surface area (TPSA) is 85.3 Å². The van der Waals surface area contributed by atoms with E-state index < -0.39 is 23.5 Å². The van der Waals surface area contributed by atoms with Crippen LogP contribution >= 0.6 is 0 Å². The van der Waals surface area contributed by atoms with Crippen LogP contribution in [0.15, 0.2) is 41.0 Å². The zero-order chi connectivity index (χ0) is 17.1. The van der Waals surface area contributed by atoms with Gasteiger partial charge in [0.1, 0.15) is 17.4 Å². The molecule has 0 unspecified atom stereocenters. The second-order valence-corrected chi connectivity index (χ2v) is 4.78. The molecule has 0 amide bonds. The predicted molar refractivity (Wildman–Crippen MR) is 76.3 cm³/mol. The average molecular weight is 320 g/mol. The maximum atomic E-state index is 13.6. The molecule has 1 aromatic rings. The van der Waals surface area contributed by atoms with Crippen molar-refractivity contribution in [3.05, 3.63) is 58.2 Å². The third-order valence-corrected chi connectivity index (χ3v) is 3.50. The number of carbonyl (C=O) groups excluding carboxylic acids is 1. The van der Waals surface area contributed by atoms with Crippen molar-refractivity contribution in [1.29, 1.82) is 5.26 Å². The molecule has 0 saturated heterocycles. The van der Waals surface area contributed by atoms with E-state index >= 15 is 0 Å². The SMILES string of the molecule is CCC1=C(C(=O)OC)[C@H](c2ccc(F)c(F)c2)C(C#N)=C(N)O1. The summed E-state index contributed by atoms with van der Waals surface area (Å²) in [5.41, 5.74) is 5.93. The number of halogens is 2. The van der Waals surface area contributed by atoms with Crippen LogP contribution in [0.25, 0.3) is 0 Å². The Morgan fingerprint density at radius 1 is 1.43 bits per heavy atom. The van der Waals surface area contributed by atoms with E-state index in [4.69, 9.17) is 15.2 Å². The van der Waals surface area contributed by atoms with E-state index in [1.165, 1.54) is 13.2 Å². The third-order valence-electron chi connectivity index (χ3n) is 3.50. The normalized spacial score (nSPS) is 17.6. The highest BCUT2D eigenvalue weighted by Crippen LogP contribution is 2.40. The molecule has 0 radical (unpaired) electrons. The fourth-order valence-corrected chi connectivity index (χ4v) is 2.44. The van der Waals surface area contributed by atoms with Gasteiger partial charge in [-0.15, -0.1) is 0 Å². The number of hydrogen-bond acceptors (Lipinski definition) is 5. The number of nitrogens with zero attached hydrogens (tertiary/aromatic N) is 1. The molecule has 120 valence electrons. The molecule has 0 bridgehead atoms. The summed E-state index contributed by atoms with van der Waals surface area (Å²) in [4.78, 5) is 12.1. The van der Waals surface area contributed by atoms with Crippen LogP contribution in [0.4, 0.5) is 8.78 Å². The van der Waals surface area contributed by atoms with Gasteiger partial charge in [-0.3, -0.25) is 0 Å². The van der Waals surface area contributed by atoms with Gasteiger partial charge in [-0.05, 0) is 17.7 Å². The van der Waals surface area contributed by atoms with Crippen LogP contribution in [-0.4, -0.2) is 13.1 Å². The van der Waals surface area contributed by atoms with Gasteiger partial charge < -0.3 is 15.2 Å². The van der Waals surface area contributed by atoms with E-state index in [9.17, 15) is 18.8 Å². The molecule has 23 heavy (non-hydrogen) atoms. The minimum atomic E-state index is -1.09. The molecule has 1 aromatic carbocycles. The van der Waals surface area contributed by atoms with Crippen LogP contribution in [0.2, 0.25) is 0 Å². The van der Waals surface area contributed by atoms with Crippen molar-refractivity contribution < 1.29 is 23.0 Å². The molecular weight excluding hydrogens is 306 g/mol. The van der Waals surface area contributed by atoms with Gasteiger partial charge in [-0.25, -0.2) is 13.6 Å². The largest absolute Gasteiger partial charge is 0.466 e. The molecule has 2 rings (SSSR count). The molecule has 1 aliphatic heterocycles. The van der Waals surface area contributed by atoms with E-state index in [0.29, 0.717) is 6.42 Å². The van der Waals surface area contributed by atoms with Gasteiger partial charge in [0.15, 0.2) is 11.6 Å². The molecule has 1 aliphatic rings. The molecule has 7 heteroatoms. The quantitative estimate of drug-likeness (QED) is 0.865. The van der Waals surface area contributed by atoms with Crippen molar-refractivity contribution in [2.75, 3.05) is 7.11 Å². The summed E-state index contributed by atoms with van der Waals surface area (Å²) in [5, 5.41) is 9.34. The number of nitrogens with two attached hydrogens (primary N) is 1. The summed E-state index contributed by atoms with van der Waals surface area (Å²) in [5.74, 6) is -3.78. The minimum absolute atomic E-state index is 0.0479. The second-order valence-electron chi connectivity index (χ2n) is 4.78. The van der Waals surface area contributed by atoms with E-state index in [0.717, 1.165) is 12.1 Å². The Bertz CT molecular complexity index is 763. The average Bonchev–Trinajstić information content (AvgIpc) is 2.55. The number of carbonyl (C=O) groups is 1. The standard InChI is InChI=1S/C16H14F2N2O3/c1-3-12-14(16(21)22-2)13(9(7-19)15(20)23-12)8-4-5-10(17)11(18)6-8/h4-6,13H,3,20H2,1-2H3/t13-/m1/s1. The Balaban J connectivity index is 2.71. The predicted octanol–water partition coefficient (Wildman–Crippen LogP) is 2.61. The minimum Gasteiger partial charge on any atom is -0.466 e. The number of ether oxygens (including phenoxy) is 2. The fourth-order valence-electron chi connectivity index (χ4n) is 2.44. The lowest BCUT2D eigenvalue weighted by Gasteiger charge is -2.27. The Hall–Kier alpha value is -2.88. The smallest absolute Gasteiger partial charge is 0.338 e. The van der Waals surface area contributed by atoms with Crippen LogP contribution in [0.5, 0.6) is 0 Å². The summed E-state index contributed by atoms with van der Waals surface area (Å²) in [6, 6.07) is 4.99. The van der Waals surface area contributed by atoms with Gasteiger partial charge in [-0.2, -0.15) is 5.26 Å². The van der Waals surface area contributed by atoms with E-state index in [1.54, 1.807) is 6.92 Å². The zero-order valence-electron chi connectivity index (χ0n) is 12.5. The van der Waals surface area contributed by atoms with Gasteiger partial charge >= 0.3 is 5.97 Å². The summed E-state index contributed by atoms with van der Waals surface area (Å²) in [6.45, 7) is 1.73. The molecule has 0 aliphatic carbocycles. The van der Waals surface area contributed by atoms with Crippen molar-refractivity contribution in [3.8, 4) is 6.07 Å². The summed E-state index contributed by atoms with van der Waals surface area (Å²) < 4.78 is 36.8. The van der Waals surface area contributed by atoms with Crippen molar-refractivity contribution in [2.24, 2.45) is 5.73 Å². The highest BCUT2D eigenvalue weighted by molar-refractivity contribution is 5.92. The first-order valence-corrected chi connectivity index (χ1v) is 6.78. The van der Waals surface area contributed by atoms with Crippen molar-refractivity contribution in [2.45, 2.75) is 19.3 Å². The van der Waals surface area contributed by atoms with E-state index in [-0.39, 0.29) is 28.4 Å².